The van der Waals surface area contributed by atoms with Gasteiger partial charge in [0.2, 0.25) is 5.88 Å². The van der Waals surface area contributed by atoms with E-state index in [2.05, 4.69) is 25.9 Å². The maximum Gasteiger partial charge on any atom is 0.326 e. The van der Waals surface area contributed by atoms with Gasteiger partial charge in [-0.25, -0.2) is 9.78 Å². The quantitative estimate of drug-likeness (QED) is 0.389. The number of hydrogen-bond acceptors (Lipinski definition) is 4. The van der Waals surface area contributed by atoms with Crippen LogP contribution in [0.1, 0.15) is 5.69 Å². The normalized spacial score (nSPS) is 11.0. The summed E-state index contributed by atoms with van der Waals surface area (Å²) in [7, 11) is 1.47. The van der Waals surface area contributed by atoms with Crippen LogP contribution in [0.25, 0.3) is 11.0 Å². The fourth-order valence-corrected chi connectivity index (χ4v) is 4.00. The Labute approximate surface area is 184 Å². The SMILES string of the molecule is COc1nc(Cn2c(=O)[nH]c3ccccc32)cc(Oc2cc(Cl)cc(Br)c2)c1Cl. The highest BCUT2D eigenvalue weighted by Gasteiger charge is 2.16. The van der Waals surface area contributed by atoms with Crippen molar-refractivity contribution in [2.45, 2.75) is 6.54 Å². The molecule has 0 bridgehead atoms. The largest absolute Gasteiger partial charge is 0.480 e. The van der Waals surface area contributed by atoms with Crippen molar-refractivity contribution >= 4 is 50.2 Å². The van der Waals surface area contributed by atoms with Gasteiger partial charge in [-0.2, -0.15) is 0 Å². The van der Waals surface area contributed by atoms with Gasteiger partial charge in [0.1, 0.15) is 10.8 Å². The van der Waals surface area contributed by atoms with Crippen LogP contribution < -0.4 is 15.2 Å². The molecule has 0 radical (unpaired) electrons. The van der Waals surface area contributed by atoms with E-state index in [-0.39, 0.29) is 23.1 Å². The van der Waals surface area contributed by atoms with Crippen molar-refractivity contribution in [2.75, 3.05) is 7.11 Å². The molecule has 2 aromatic heterocycles. The van der Waals surface area contributed by atoms with E-state index in [0.29, 0.717) is 22.2 Å². The van der Waals surface area contributed by atoms with Gasteiger partial charge in [0.05, 0.1) is 30.4 Å². The first kappa shape index (κ1) is 19.8. The Morgan fingerprint density at radius 1 is 1.17 bits per heavy atom. The molecule has 0 spiro atoms. The third-order valence-corrected chi connectivity index (χ3v) is 5.23. The Hall–Kier alpha value is -2.48. The summed E-state index contributed by atoms with van der Waals surface area (Å²) in [5, 5.41) is 0.732. The number of halogens is 3. The molecule has 0 fully saturated rings. The standard InChI is InChI=1S/C20H14BrCl2N3O3/c1-28-19-18(23)17(29-14-7-11(21)6-12(22)8-14)9-13(24-19)10-26-16-5-3-2-4-15(16)25-20(26)27/h2-9H,10H2,1H3,(H,25,27). The minimum atomic E-state index is -0.233. The van der Waals surface area contributed by atoms with E-state index in [0.717, 1.165) is 15.5 Å². The topological polar surface area (TPSA) is 69.1 Å². The number of pyridine rings is 1. The number of aromatic nitrogens is 3. The Morgan fingerprint density at radius 2 is 1.97 bits per heavy atom. The summed E-state index contributed by atoms with van der Waals surface area (Å²) in [6, 6.07) is 14.3. The number of imidazole rings is 1. The summed E-state index contributed by atoms with van der Waals surface area (Å²) in [5.41, 5.74) is 1.84. The molecule has 2 heterocycles. The van der Waals surface area contributed by atoms with E-state index in [1.165, 1.54) is 7.11 Å². The number of para-hydroxylation sites is 2. The Morgan fingerprint density at radius 3 is 2.72 bits per heavy atom. The highest BCUT2D eigenvalue weighted by Crippen LogP contribution is 2.37. The van der Waals surface area contributed by atoms with Crippen LogP contribution in [0.2, 0.25) is 10.0 Å². The fourth-order valence-electron chi connectivity index (χ4n) is 2.96. The van der Waals surface area contributed by atoms with Crippen LogP contribution in [0.3, 0.4) is 0 Å². The van der Waals surface area contributed by atoms with E-state index in [9.17, 15) is 4.79 Å². The smallest absolute Gasteiger partial charge is 0.326 e. The minimum absolute atomic E-state index is 0.202. The molecule has 1 N–H and O–H groups in total. The summed E-state index contributed by atoms with van der Waals surface area (Å²) in [6.07, 6.45) is 0. The average molecular weight is 495 g/mol. The number of nitrogens with zero attached hydrogens (tertiary/aromatic N) is 2. The lowest BCUT2D eigenvalue weighted by Gasteiger charge is -2.13. The Bertz CT molecular complexity index is 1250. The van der Waals surface area contributed by atoms with Crippen molar-refractivity contribution in [1.82, 2.24) is 14.5 Å². The molecule has 4 rings (SSSR count). The van der Waals surface area contributed by atoms with Crippen molar-refractivity contribution < 1.29 is 9.47 Å². The predicted molar refractivity (Wildman–Crippen MR) is 117 cm³/mol. The number of methoxy groups -OCH3 is 1. The first-order valence-electron chi connectivity index (χ1n) is 8.49. The second kappa shape index (κ2) is 8.10. The number of benzene rings is 2. The molecule has 0 aliphatic heterocycles. The van der Waals surface area contributed by atoms with Gasteiger partial charge in [-0.1, -0.05) is 51.3 Å². The molecule has 0 saturated heterocycles. The van der Waals surface area contributed by atoms with Gasteiger partial charge in [-0.3, -0.25) is 4.57 Å². The van der Waals surface area contributed by atoms with Gasteiger partial charge in [-0.15, -0.1) is 0 Å². The second-order valence-corrected chi connectivity index (χ2v) is 7.91. The number of H-pyrrole nitrogens is 1. The first-order chi connectivity index (χ1) is 13.9. The fraction of sp³-hybridized carbons (Fsp3) is 0.100. The highest BCUT2D eigenvalue weighted by molar-refractivity contribution is 9.10. The lowest BCUT2D eigenvalue weighted by molar-refractivity contribution is 0.390. The molecule has 6 nitrogen and oxygen atoms in total. The van der Waals surface area contributed by atoms with Crippen LogP contribution in [0.15, 0.2) is 57.8 Å². The van der Waals surface area contributed by atoms with Gasteiger partial charge in [-0.05, 0) is 30.3 Å². The molecular weight excluding hydrogens is 481 g/mol. The molecule has 9 heteroatoms. The molecule has 4 aromatic rings. The number of aromatic amines is 1. The van der Waals surface area contributed by atoms with Crippen LogP contribution >= 0.6 is 39.1 Å². The average Bonchev–Trinajstić information content (AvgIpc) is 2.98. The molecule has 0 aliphatic carbocycles. The van der Waals surface area contributed by atoms with Crippen molar-refractivity contribution in [2.24, 2.45) is 0 Å². The van der Waals surface area contributed by atoms with Gasteiger partial charge in [0.15, 0.2) is 5.75 Å². The number of rotatable bonds is 5. The number of fused-ring (bicyclic) bond motifs is 1. The summed E-state index contributed by atoms with van der Waals surface area (Å²) in [4.78, 5) is 19.6. The second-order valence-electron chi connectivity index (χ2n) is 6.18. The van der Waals surface area contributed by atoms with Gasteiger partial charge < -0.3 is 14.5 Å². The van der Waals surface area contributed by atoms with Crippen molar-refractivity contribution in [3.05, 3.63) is 79.2 Å². The predicted octanol–water partition coefficient (Wildman–Crippen LogP) is 5.64. The van der Waals surface area contributed by atoms with Crippen LogP contribution in [-0.4, -0.2) is 21.6 Å². The summed E-state index contributed by atoms with van der Waals surface area (Å²) < 4.78 is 13.6. The molecule has 0 saturated carbocycles. The molecule has 2 aromatic carbocycles. The molecular formula is C20H14BrCl2N3O3. The molecule has 0 unspecified atom stereocenters. The van der Waals surface area contributed by atoms with E-state index in [1.807, 2.05) is 24.3 Å². The first-order valence-corrected chi connectivity index (χ1v) is 10.0. The van der Waals surface area contributed by atoms with Crippen molar-refractivity contribution in [1.29, 1.82) is 0 Å². The van der Waals surface area contributed by atoms with Gasteiger partial charge >= 0.3 is 5.69 Å². The molecule has 0 atom stereocenters. The molecule has 148 valence electrons. The molecule has 0 amide bonds. The van der Waals surface area contributed by atoms with E-state index in [1.54, 1.807) is 28.8 Å². The zero-order valence-corrected chi connectivity index (χ0v) is 18.2. The monoisotopic (exact) mass is 493 g/mol. The lowest BCUT2D eigenvalue weighted by atomic mass is 10.3. The van der Waals surface area contributed by atoms with Gasteiger partial charge in [0, 0.05) is 15.6 Å². The minimum Gasteiger partial charge on any atom is -0.480 e. The van der Waals surface area contributed by atoms with E-state index in [4.69, 9.17) is 32.7 Å². The number of hydrogen-bond donors (Lipinski definition) is 1. The Balaban J connectivity index is 1.75. The lowest BCUT2D eigenvalue weighted by Crippen LogP contribution is -2.18. The summed E-state index contributed by atoms with van der Waals surface area (Å²) >= 11 is 15.9. The summed E-state index contributed by atoms with van der Waals surface area (Å²) in [6.45, 7) is 0.214. The number of ether oxygens (including phenoxy) is 2. The van der Waals surface area contributed by atoms with Gasteiger partial charge in [0.25, 0.3) is 0 Å². The number of nitrogens with one attached hydrogen (secondary N) is 1. The van der Waals surface area contributed by atoms with Crippen LogP contribution in [0, 0.1) is 0 Å². The Kier molecular flexibility index (Phi) is 5.54. The molecule has 0 aliphatic rings. The zero-order valence-electron chi connectivity index (χ0n) is 15.1. The van der Waals surface area contributed by atoms with Crippen molar-refractivity contribution in [3.63, 3.8) is 0 Å². The maximum absolute atomic E-state index is 12.4. The highest BCUT2D eigenvalue weighted by atomic mass is 79.9. The van der Waals surface area contributed by atoms with E-state index < -0.39 is 0 Å². The zero-order chi connectivity index (χ0) is 20.5. The third-order valence-electron chi connectivity index (χ3n) is 4.21. The summed E-state index contributed by atoms with van der Waals surface area (Å²) in [5.74, 6) is 1.04. The van der Waals surface area contributed by atoms with Crippen LogP contribution in [0.4, 0.5) is 0 Å². The van der Waals surface area contributed by atoms with Crippen molar-refractivity contribution in [3.8, 4) is 17.4 Å². The maximum atomic E-state index is 12.4. The van der Waals surface area contributed by atoms with Crippen LogP contribution in [-0.2, 0) is 6.54 Å². The molecule has 29 heavy (non-hydrogen) atoms. The third kappa shape index (κ3) is 4.12. The van der Waals surface area contributed by atoms with E-state index >= 15 is 0 Å². The van der Waals surface area contributed by atoms with Crippen LogP contribution in [0.5, 0.6) is 17.4 Å².